The van der Waals surface area contributed by atoms with Gasteiger partial charge >= 0.3 is 0 Å². The van der Waals surface area contributed by atoms with Crippen LogP contribution in [0.15, 0.2) is 24.3 Å². The van der Waals surface area contributed by atoms with Crippen LogP contribution in [0.25, 0.3) is 0 Å². The molecule has 1 aliphatic rings. The molecule has 1 aromatic rings. The van der Waals surface area contributed by atoms with Crippen molar-refractivity contribution in [2.75, 3.05) is 26.7 Å². The van der Waals surface area contributed by atoms with Gasteiger partial charge < -0.3 is 15.0 Å². The molecular formula is C15H22N2O2. The quantitative estimate of drug-likeness (QED) is 0.902. The minimum atomic E-state index is 0.0889. The first kappa shape index (κ1) is 13.9. The summed E-state index contributed by atoms with van der Waals surface area (Å²) >= 11 is 0. The predicted octanol–water partition coefficient (Wildman–Crippen LogP) is 1.77. The lowest BCUT2D eigenvalue weighted by Gasteiger charge is -2.35. The van der Waals surface area contributed by atoms with Crippen LogP contribution >= 0.6 is 0 Å². The Morgan fingerprint density at radius 1 is 1.47 bits per heavy atom. The summed E-state index contributed by atoms with van der Waals surface area (Å²) in [6, 6.07) is 7.73. The normalized spacial score (nSPS) is 19.6. The largest absolute Gasteiger partial charge is 0.497 e. The highest BCUT2D eigenvalue weighted by atomic mass is 16.5. The van der Waals surface area contributed by atoms with E-state index in [4.69, 9.17) is 4.74 Å². The van der Waals surface area contributed by atoms with Crippen LogP contribution in [-0.4, -0.2) is 43.6 Å². The second-order valence-corrected chi connectivity index (χ2v) is 5.29. The number of nitrogens with one attached hydrogen (secondary N) is 1. The summed E-state index contributed by atoms with van der Waals surface area (Å²) in [5, 5.41) is 3.46. The number of carbonyl (C=O) groups excluding carboxylic acids is 1. The molecule has 0 radical (unpaired) electrons. The van der Waals surface area contributed by atoms with Crippen molar-refractivity contribution in [3.05, 3.63) is 29.8 Å². The van der Waals surface area contributed by atoms with Crippen molar-refractivity contribution in [1.29, 1.82) is 0 Å². The number of rotatable bonds is 3. The Kier molecular flexibility index (Phi) is 4.43. The summed E-state index contributed by atoms with van der Waals surface area (Å²) in [7, 11) is 1.61. The minimum absolute atomic E-state index is 0.0889. The third kappa shape index (κ3) is 3.26. The molecule has 4 nitrogen and oxygen atoms in total. The average Bonchev–Trinajstić information content (AvgIpc) is 2.46. The van der Waals surface area contributed by atoms with Crippen LogP contribution in [-0.2, 0) is 0 Å². The molecule has 0 aliphatic carbocycles. The zero-order valence-corrected chi connectivity index (χ0v) is 11.8. The lowest BCUT2D eigenvalue weighted by molar-refractivity contribution is 0.0683. The van der Waals surface area contributed by atoms with E-state index in [1.54, 1.807) is 13.2 Å². The molecule has 1 atom stereocenters. The van der Waals surface area contributed by atoms with Crippen LogP contribution in [0, 0.1) is 5.92 Å². The molecule has 0 aromatic heterocycles. The lowest BCUT2D eigenvalue weighted by atomic mass is 10.0. The molecule has 19 heavy (non-hydrogen) atoms. The maximum atomic E-state index is 12.5. The van der Waals surface area contributed by atoms with Gasteiger partial charge in [0.15, 0.2) is 0 Å². The van der Waals surface area contributed by atoms with Crippen molar-refractivity contribution in [1.82, 2.24) is 10.2 Å². The summed E-state index contributed by atoms with van der Waals surface area (Å²) < 4.78 is 5.17. The Morgan fingerprint density at radius 3 is 2.95 bits per heavy atom. The summed E-state index contributed by atoms with van der Waals surface area (Å²) in [4.78, 5) is 14.4. The molecule has 2 rings (SSSR count). The topological polar surface area (TPSA) is 41.6 Å². The summed E-state index contributed by atoms with van der Waals surface area (Å²) in [6.45, 7) is 6.75. The SMILES string of the molecule is COc1cccc(C(=O)N2CCNC(C(C)C)C2)c1. The fourth-order valence-electron chi connectivity index (χ4n) is 2.35. The number of carbonyl (C=O) groups is 1. The van der Waals surface area contributed by atoms with Gasteiger partial charge in [-0.25, -0.2) is 0 Å². The van der Waals surface area contributed by atoms with E-state index in [1.165, 1.54) is 0 Å². The maximum Gasteiger partial charge on any atom is 0.254 e. The number of ether oxygens (including phenoxy) is 1. The van der Waals surface area contributed by atoms with E-state index in [0.717, 1.165) is 25.4 Å². The molecule has 0 saturated carbocycles. The van der Waals surface area contributed by atoms with Crippen LogP contribution in [0.1, 0.15) is 24.2 Å². The third-order valence-corrected chi connectivity index (χ3v) is 3.61. The summed E-state index contributed by atoms with van der Waals surface area (Å²) in [6.07, 6.45) is 0. The first-order valence-electron chi connectivity index (χ1n) is 6.78. The Bertz CT molecular complexity index is 446. The fraction of sp³-hybridized carbons (Fsp3) is 0.533. The summed E-state index contributed by atoms with van der Waals surface area (Å²) in [5.41, 5.74) is 0.698. The van der Waals surface area contributed by atoms with Crippen molar-refractivity contribution in [3.8, 4) is 5.75 Å². The number of benzene rings is 1. The molecule has 1 amide bonds. The maximum absolute atomic E-state index is 12.5. The molecule has 1 unspecified atom stereocenters. The van der Waals surface area contributed by atoms with Crippen LogP contribution in [0.3, 0.4) is 0 Å². The van der Waals surface area contributed by atoms with Gasteiger partial charge in [-0.3, -0.25) is 4.79 Å². The highest BCUT2D eigenvalue weighted by Crippen LogP contribution is 2.16. The first-order chi connectivity index (χ1) is 9.11. The lowest BCUT2D eigenvalue weighted by Crippen LogP contribution is -2.54. The standard InChI is InChI=1S/C15H22N2O2/c1-11(2)14-10-17(8-7-16-14)15(18)12-5-4-6-13(9-12)19-3/h4-6,9,11,14,16H,7-8,10H2,1-3H3. The molecule has 1 N–H and O–H groups in total. The van der Waals surface area contributed by atoms with Gasteiger partial charge in [-0.15, -0.1) is 0 Å². The Morgan fingerprint density at radius 2 is 2.26 bits per heavy atom. The van der Waals surface area contributed by atoms with E-state index in [0.29, 0.717) is 17.5 Å². The molecule has 1 heterocycles. The molecule has 1 saturated heterocycles. The molecule has 0 spiro atoms. The second kappa shape index (κ2) is 6.06. The fourth-order valence-corrected chi connectivity index (χ4v) is 2.35. The van der Waals surface area contributed by atoms with E-state index in [9.17, 15) is 4.79 Å². The van der Waals surface area contributed by atoms with E-state index >= 15 is 0 Å². The molecule has 1 aromatic carbocycles. The second-order valence-electron chi connectivity index (χ2n) is 5.29. The van der Waals surface area contributed by atoms with Crippen LogP contribution in [0.4, 0.5) is 0 Å². The van der Waals surface area contributed by atoms with Gasteiger partial charge in [0.2, 0.25) is 0 Å². The number of methoxy groups -OCH3 is 1. The minimum Gasteiger partial charge on any atom is -0.497 e. The smallest absolute Gasteiger partial charge is 0.254 e. The average molecular weight is 262 g/mol. The van der Waals surface area contributed by atoms with Crippen LogP contribution < -0.4 is 10.1 Å². The highest BCUT2D eigenvalue weighted by molar-refractivity contribution is 5.94. The Labute approximate surface area is 114 Å². The molecule has 104 valence electrons. The zero-order chi connectivity index (χ0) is 13.8. The van der Waals surface area contributed by atoms with Gasteiger partial charge in [0.25, 0.3) is 5.91 Å². The number of nitrogens with zero attached hydrogens (tertiary/aromatic N) is 1. The Hall–Kier alpha value is -1.55. The van der Waals surface area contributed by atoms with Crippen LogP contribution in [0.5, 0.6) is 5.75 Å². The summed E-state index contributed by atoms with van der Waals surface area (Å²) in [5.74, 6) is 1.34. The first-order valence-corrected chi connectivity index (χ1v) is 6.78. The molecule has 0 bridgehead atoms. The van der Waals surface area contributed by atoms with E-state index in [-0.39, 0.29) is 5.91 Å². The van der Waals surface area contributed by atoms with Gasteiger partial charge in [0, 0.05) is 31.2 Å². The van der Waals surface area contributed by atoms with Gasteiger partial charge in [-0.1, -0.05) is 19.9 Å². The van der Waals surface area contributed by atoms with Gasteiger partial charge in [-0.05, 0) is 24.1 Å². The molecule has 1 fully saturated rings. The number of amides is 1. The van der Waals surface area contributed by atoms with E-state index in [1.807, 2.05) is 23.1 Å². The molecular weight excluding hydrogens is 240 g/mol. The number of hydrogen-bond acceptors (Lipinski definition) is 3. The van der Waals surface area contributed by atoms with Crippen molar-refractivity contribution < 1.29 is 9.53 Å². The number of piperazine rings is 1. The predicted molar refractivity (Wildman–Crippen MR) is 75.5 cm³/mol. The Balaban J connectivity index is 2.10. The molecule has 4 heteroatoms. The monoisotopic (exact) mass is 262 g/mol. The van der Waals surface area contributed by atoms with E-state index in [2.05, 4.69) is 19.2 Å². The van der Waals surface area contributed by atoms with Gasteiger partial charge in [0.1, 0.15) is 5.75 Å². The van der Waals surface area contributed by atoms with Gasteiger partial charge in [0.05, 0.1) is 7.11 Å². The molecule has 1 aliphatic heterocycles. The number of hydrogen-bond donors (Lipinski definition) is 1. The third-order valence-electron chi connectivity index (χ3n) is 3.61. The van der Waals surface area contributed by atoms with Crippen LogP contribution in [0.2, 0.25) is 0 Å². The van der Waals surface area contributed by atoms with Crippen molar-refractivity contribution in [2.24, 2.45) is 5.92 Å². The van der Waals surface area contributed by atoms with Crippen molar-refractivity contribution >= 4 is 5.91 Å². The highest BCUT2D eigenvalue weighted by Gasteiger charge is 2.25. The van der Waals surface area contributed by atoms with E-state index < -0.39 is 0 Å². The van der Waals surface area contributed by atoms with Crippen molar-refractivity contribution in [3.63, 3.8) is 0 Å². The van der Waals surface area contributed by atoms with Gasteiger partial charge in [-0.2, -0.15) is 0 Å². The van der Waals surface area contributed by atoms with Crippen molar-refractivity contribution in [2.45, 2.75) is 19.9 Å². The zero-order valence-electron chi connectivity index (χ0n) is 11.8.